The van der Waals surface area contributed by atoms with E-state index in [9.17, 15) is 27.5 Å². The largest absolute Gasteiger partial charge is 0.417 e. The lowest BCUT2D eigenvalue weighted by atomic mass is 10.0. The van der Waals surface area contributed by atoms with Crippen molar-refractivity contribution in [2.75, 3.05) is 6.61 Å². The first kappa shape index (κ1) is 17.9. The average Bonchev–Trinajstić information content (AvgIpc) is 2.55. The van der Waals surface area contributed by atoms with E-state index in [4.69, 9.17) is 0 Å². The van der Waals surface area contributed by atoms with Crippen molar-refractivity contribution in [3.8, 4) is 0 Å². The number of rotatable bonds is 5. The molecule has 0 bridgehead atoms. The molecule has 1 unspecified atom stereocenters. The van der Waals surface area contributed by atoms with Crippen LogP contribution >= 0.6 is 0 Å². The number of benzene rings is 2. The van der Waals surface area contributed by atoms with E-state index < -0.39 is 41.7 Å². The fraction of sp³-hybridized carbons (Fsp3) is 0.235. The second-order valence-corrected chi connectivity index (χ2v) is 5.23. The van der Waals surface area contributed by atoms with Crippen LogP contribution in [-0.2, 0) is 12.6 Å². The highest BCUT2D eigenvalue weighted by Gasteiger charge is 2.35. The van der Waals surface area contributed by atoms with E-state index in [1.54, 1.807) is 0 Å². The molecule has 0 aliphatic rings. The van der Waals surface area contributed by atoms with Crippen LogP contribution in [0.15, 0.2) is 48.5 Å². The topological polar surface area (TPSA) is 49.3 Å². The summed E-state index contributed by atoms with van der Waals surface area (Å²) < 4.78 is 51.7. The lowest BCUT2D eigenvalue weighted by molar-refractivity contribution is -0.137. The van der Waals surface area contributed by atoms with Crippen LogP contribution < -0.4 is 5.32 Å². The van der Waals surface area contributed by atoms with Crippen LogP contribution in [-0.4, -0.2) is 23.7 Å². The normalized spacial score (nSPS) is 12.7. The van der Waals surface area contributed by atoms with Gasteiger partial charge in [0.2, 0.25) is 0 Å². The summed E-state index contributed by atoms with van der Waals surface area (Å²) in [6.07, 6.45) is -4.49. The van der Waals surface area contributed by atoms with Crippen LogP contribution in [0.3, 0.4) is 0 Å². The van der Waals surface area contributed by atoms with E-state index in [0.29, 0.717) is 5.56 Å². The van der Waals surface area contributed by atoms with Crippen molar-refractivity contribution in [1.82, 2.24) is 5.32 Å². The lowest BCUT2D eigenvalue weighted by Crippen LogP contribution is -2.39. The molecule has 0 saturated heterocycles. The Balaban J connectivity index is 2.14. The monoisotopic (exact) mass is 341 g/mol. The summed E-state index contributed by atoms with van der Waals surface area (Å²) in [7, 11) is 0. The Morgan fingerprint density at radius 1 is 1.08 bits per heavy atom. The van der Waals surface area contributed by atoms with Crippen LogP contribution in [0.25, 0.3) is 0 Å². The predicted molar refractivity (Wildman–Crippen MR) is 79.9 cm³/mol. The maximum atomic E-state index is 12.9. The number of aliphatic hydroxyl groups is 1. The van der Waals surface area contributed by atoms with Crippen LogP contribution in [0.1, 0.15) is 21.5 Å². The first-order chi connectivity index (χ1) is 11.3. The third kappa shape index (κ3) is 4.55. The maximum Gasteiger partial charge on any atom is 0.417 e. The number of hydrogen-bond acceptors (Lipinski definition) is 2. The standard InChI is InChI=1S/C17H15F4NO2/c18-12-7-5-11(6-8-12)9-13(10-23)22-16(24)14-3-1-2-4-15(14)17(19,20)21/h1-8,13,23H,9-10H2,(H,22,24). The van der Waals surface area contributed by atoms with E-state index in [1.165, 1.54) is 36.4 Å². The SMILES string of the molecule is O=C(NC(CO)Cc1ccc(F)cc1)c1ccccc1C(F)(F)F. The van der Waals surface area contributed by atoms with Gasteiger partial charge in [-0.25, -0.2) is 4.39 Å². The molecule has 1 amide bonds. The molecule has 2 rings (SSSR count). The van der Waals surface area contributed by atoms with Crippen LogP contribution in [0.4, 0.5) is 17.6 Å². The molecular formula is C17H15F4NO2. The van der Waals surface area contributed by atoms with E-state index >= 15 is 0 Å². The summed E-state index contributed by atoms with van der Waals surface area (Å²) in [6.45, 7) is -0.461. The van der Waals surface area contributed by atoms with E-state index in [-0.39, 0.29) is 6.42 Å². The molecule has 2 aromatic carbocycles. The van der Waals surface area contributed by atoms with Gasteiger partial charge in [-0.3, -0.25) is 4.79 Å². The molecule has 0 spiro atoms. The second kappa shape index (κ2) is 7.44. The summed E-state index contributed by atoms with van der Waals surface area (Å²) in [5.74, 6) is -1.36. The highest BCUT2D eigenvalue weighted by molar-refractivity contribution is 5.96. The molecular weight excluding hydrogens is 326 g/mol. The van der Waals surface area contributed by atoms with Crippen molar-refractivity contribution in [3.63, 3.8) is 0 Å². The van der Waals surface area contributed by atoms with Crippen molar-refractivity contribution in [2.24, 2.45) is 0 Å². The fourth-order valence-electron chi connectivity index (χ4n) is 2.26. The molecule has 24 heavy (non-hydrogen) atoms. The van der Waals surface area contributed by atoms with Gasteiger partial charge in [-0.05, 0) is 36.2 Å². The van der Waals surface area contributed by atoms with E-state index in [2.05, 4.69) is 5.32 Å². The zero-order chi connectivity index (χ0) is 17.7. The number of halogens is 4. The van der Waals surface area contributed by atoms with Crippen molar-refractivity contribution < 1.29 is 27.5 Å². The lowest BCUT2D eigenvalue weighted by Gasteiger charge is -2.18. The van der Waals surface area contributed by atoms with Crippen molar-refractivity contribution in [3.05, 3.63) is 71.0 Å². The molecule has 3 nitrogen and oxygen atoms in total. The van der Waals surface area contributed by atoms with E-state index in [0.717, 1.165) is 12.1 Å². The summed E-state index contributed by atoms with van der Waals surface area (Å²) in [6, 6.07) is 9.05. The van der Waals surface area contributed by atoms with Gasteiger partial charge in [-0.2, -0.15) is 13.2 Å². The smallest absolute Gasteiger partial charge is 0.394 e. The Kier molecular flexibility index (Phi) is 5.56. The van der Waals surface area contributed by atoms with Gasteiger partial charge in [0.05, 0.1) is 23.8 Å². The molecule has 2 aromatic rings. The molecule has 0 saturated carbocycles. The van der Waals surface area contributed by atoms with Crippen molar-refractivity contribution >= 4 is 5.91 Å². The van der Waals surface area contributed by atoms with Crippen LogP contribution in [0.5, 0.6) is 0 Å². The van der Waals surface area contributed by atoms with Gasteiger partial charge < -0.3 is 10.4 Å². The molecule has 1 atom stereocenters. The van der Waals surface area contributed by atoms with Crippen LogP contribution in [0, 0.1) is 5.82 Å². The third-order valence-corrected chi connectivity index (χ3v) is 3.43. The van der Waals surface area contributed by atoms with Gasteiger partial charge in [-0.1, -0.05) is 24.3 Å². The first-order valence-corrected chi connectivity index (χ1v) is 7.13. The minimum absolute atomic E-state index is 0.163. The Hall–Kier alpha value is -2.41. The predicted octanol–water partition coefficient (Wildman–Crippen LogP) is 3.18. The zero-order valence-corrected chi connectivity index (χ0v) is 12.5. The molecule has 0 radical (unpaired) electrons. The summed E-state index contributed by atoms with van der Waals surface area (Å²) in [5, 5.41) is 11.7. The molecule has 7 heteroatoms. The number of carbonyl (C=O) groups excluding carboxylic acids is 1. The minimum atomic E-state index is -4.65. The molecule has 0 aliphatic carbocycles. The Bertz CT molecular complexity index is 698. The molecule has 0 aromatic heterocycles. The number of hydrogen-bond donors (Lipinski definition) is 2. The first-order valence-electron chi connectivity index (χ1n) is 7.13. The molecule has 0 fully saturated rings. The average molecular weight is 341 g/mol. The summed E-state index contributed by atoms with van der Waals surface area (Å²) >= 11 is 0. The Labute approximate surface area is 135 Å². The third-order valence-electron chi connectivity index (χ3n) is 3.43. The minimum Gasteiger partial charge on any atom is -0.394 e. The summed E-state index contributed by atoms with van der Waals surface area (Å²) in [4.78, 5) is 12.1. The second-order valence-electron chi connectivity index (χ2n) is 5.23. The van der Waals surface area contributed by atoms with Gasteiger partial charge in [0, 0.05) is 0 Å². The quantitative estimate of drug-likeness (QED) is 0.821. The number of amides is 1. The van der Waals surface area contributed by atoms with Crippen molar-refractivity contribution in [2.45, 2.75) is 18.6 Å². The zero-order valence-electron chi connectivity index (χ0n) is 12.5. The molecule has 0 aliphatic heterocycles. The van der Waals surface area contributed by atoms with Gasteiger partial charge in [0.15, 0.2) is 0 Å². The summed E-state index contributed by atoms with van der Waals surface area (Å²) in [5.41, 5.74) is -0.914. The number of nitrogens with one attached hydrogen (secondary N) is 1. The van der Waals surface area contributed by atoms with Gasteiger partial charge in [0.1, 0.15) is 5.82 Å². The molecule has 128 valence electrons. The molecule has 0 heterocycles. The van der Waals surface area contributed by atoms with Gasteiger partial charge in [-0.15, -0.1) is 0 Å². The van der Waals surface area contributed by atoms with Gasteiger partial charge in [0.25, 0.3) is 5.91 Å². The van der Waals surface area contributed by atoms with Crippen molar-refractivity contribution in [1.29, 1.82) is 0 Å². The number of alkyl halides is 3. The molecule has 2 N–H and O–H groups in total. The van der Waals surface area contributed by atoms with E-state index in [1.807, 2.05) is 0 Å². The highest BCUT2D eigenvalue weighted by Crippen LogP contribution is 2.31. The maximum absolute atomic E-state index is 12.9. The highest BCUT2D eigenvalue weighted by atomic mass is 19.4. The fourth-order valence-corrected chi connectivity index (χ4v) is 2.26. The van der Waals surface area contributed by atoms with Crippen LogP contribution in [0.2, 0.25) is 0 Å². The van der Waals surface area contributed by atoms with Gasteiger partial charge >= 0.3 is 6.18 Å². The Morgan fingerprint density at radius 2 is 1.71 bits per heavy atom. The Morgan fingerprint density at radius 3 is 2.29 bits per heavy atom. The number of carbonyl (C=O) groups is 1. The number of aliphatic hydroxyl groups excluding tert-OH is 1.